The smallest absolute Gasteiger partial charge is 0.212 e. The summed E-state index contributed by atoms with van der Waals surface area (Å²) in [5.74, 6) is 0.557. The highest BCUT2D eigenvalue weighted by Gasteiger charge is 2.21. The third-order valence-electron chi connectivity index (χ3n) is 6.47. The van der Waals surface area contributed by atoms with Crippen LogP contribution in [0.1, 0.15) is 54.7 Å². The van der Waals surface area contributed by atoms with Gasteiger partial charge in [-0.05, 0) is 67.1 Å². The molecule has 0 atom stereocenters. The first-order chi connectivity index (χ1) is 14.2. The van der Waals surface area contributed by atoms with Gasteiger partial charge in [-0.1, -0.05) is 19.3 Å². The van der Waals surface area contributed by atoms with E-state index in [-0.39, 0.29) is 0 Å². The third-order valence-corrected chi connectivity index (χ3v) is 6.47. The number of benzene rings is 2. The molecule has 2 aromatic heterocycles. The van der Waals surface area contributed by atoms with Gasteiger partial charge in [0.25, 0.3) is 0 Å². The Bertz CT molecular complexity index is 1270. The van der Waals surface area contributed by atoms with Crippen molar-refractivity contribution in [3.63, 3.8) is 0 Å². The van der Waals surface area contributed by atoms with Crippen molar-refractivity contribution in [2.75, 3.05) is 0 Å². The van der Waals surface area contributed by atoms with Crippen molar-refractivity contribution in [2.24, 2.45) is 7.05 Å². The Morgan fingerprint density at radius 3 is 2.62 bits per heavy atom. The molecule has 5 rings (SSSR count). The topological polar surface area (TPSA) is 40.8 Å². The Morgan fingerprint density at radius 1 is 1.03 bits per heavy atom. The summed E-state index contributed by atoms with van der Waals surface area (Å²) in [5.41, 5.74) is 7.07. The maximum atomic E-state index is 9.79. The van der Waals surface area contributed by atoms with Crippen molar-refractivity contribution in [1.82, 2.24) is 0 Å². The first-order valence-electron chi connectivity index (χ1n) is 10.5. The maximum absolute atomic E-state index is 9.79. The molecule has 0 saturated heterocycles. The first kappa shape index (κ1) is 17.9. The molecule has 144 valence electrons. The van der Waals surface area contributed by atoms with Gasteiger partial charge in [-0.2, -0.15) is 5.26 Å². The van der Waals surface area contributed by atoms with Gasteiger partial charge >= 0.3 is 0 Å². The Balaban J connectivity index is 1.77. The van der Waals surface area contributed by atoms with Gasteiger partial charge in [0.15, 0.2) is 11.8 Å². The van der Waals surface area contributed by atoms with Crippen LogP contribution in [0.25, 0.3) is 33.2 Å². The zero-order chi connectivity index (χ0) is 20.0. The summed E-state index contributed by atoms with van der Waals surface area (Å²) in [6.07, 6.45) is 8.40. The quantitative estimate of drug-likeness (QED) is 0.382. The Labute approximate surface area is 171 Å². The molecule has 1 fully saturated rings. The number of furan rings is 1. The average molecular weight is 381 g/mol. The standard InChI is InChI=1S/C26H25N2O/c1-17-12-25-22(15-21(17)24-10-6-7-11-28(24)2)23-14-19(18-8-4-3-5-9-18)13-20(16-27)26(23)29-25/h6-7,10-15,18H,3-5,8-9H2,1-2H3/q+1. The molecule has 0 spiro atoms. The molecule has 3 nitrogen and oxygen atoms in total. The summed E-state index contributed by atoms with van der Waals surface area (Å²) in [5, 5.41) is 12.0. The summed E-state index contributed by atoms with van der Waals surface area (Å²) >= 11 is 0. The van der Waals surface area contributed by atoms with Crippen molar-refractivity contribution in [1.29, 1.82) is 5.26 Å². The number of pyridine rings is 1. The second kappa shape index (κ2) is 7.04. The highest BCUT2D eigenvalue weighted by Crippen LogP contribution is 2.39. The highest BCUT2D eigenvalue weighted by molar-refractivity contribution is 6.08. The van der Waals surface area contributed by atoms with Crippen LogP contribution in [0.5, 0.6) is 0 Å². The lowest BCUT2D eigenvalue weighted by Crippen LogP contribution is -2.30. The van der Waals surface area contributed by atoms with E-state index in [1.165, 1.54) is 54.5 Å². The normalized spacial score (nSPS) is 15.1. The number of nitrogens with zero attached hydrogens (tertiary/aromatic N) is 2. The van der Waals surface area contributed by atoms with Gasteiger partial charge < -0.3 is 4.42 Å². The van der Waals surface area contributed by atoms with Crippen LogP contribution in [-0.4, -0.2) is 0 Å². The average Bonchev–Trinajstić information content (AvgIpc) is 3.11. The minimum absolute atomic E-state index is 0.557. The predicted octanol–water partition coefficient (Wildman–Crippen LogP) is 6.31. The molecule has 1 saturated carbocycles. The van der Waals surface area contributed by atoms with Gasteiger partial charge in [0.1, 0.15) is 18.7 Å². The number of aryl methyl sites for hydroxylation is 2. The molecule has 0 amide bonds. The van der Waals surface area contributed by atoms with Gasteiger partial charge in [-0.15, -0.1) is 0 Å². The van der Waals surface area contributed by atoms with Gasteiger partial charge in [0.2, 0.25) is 5.69 Å². The van der Waals surface area contributed by atoms with E-state index in [1.807, 2.05) is 6.07 Å². The Hall–Kier alpha value is -3.12. The predicted molar refractivity (Wildman–Crippen MR) is 116 cm³/mol. The molecule has 0 N–H and O–H groups in total. The van der Waals surface area contributed by atoms with Crippen molar-refractivity contribution in [2.45, 2.75) is 44.9 Å². The number of hydrogen-bond acceptors (Lipinski definition) is 2. The number of aromatic nitrogens is 1. The monoisotopic (exact) mass is 381 g/mol. The van der Waals surface area contributed by atoms with Crippen LogP contribution in [0, 0.1) is 18.3 Å². The Morgan fingerprint density at radius 2 is 1.86 bits per heavy atom. The molecular weight excluding hydrogens is 356 g/mol. The van der Waals surface area contributed by atoms with Crippen LogP contribution in [0.2, 0.25) is 0 Å². The molecular formula is C26H25N2O+. The molecule has 2 heterocycles. The van der Waals surface area contributed by atoms with Gasteiger partial charge in [0, 0.05) is 28.5 Å². The van der Waals surface area contributed by atoms with Crippen LogP contribution >= 0.6 is 0 Å². The minimum atomic E-state index is 0.557. The summed E-state index contributed by atoms with van der Waals surface area (Å²) in [6.45, 7) is 2.12. The molecule has 0 unspecified atom stereocenters. The fourth-order valence-electron chi connectivity index (χ4n) is 4.88. The molecule has 2 aromatic carbocycles. The number of nitriles is 1. The number of fused-ring (bicyclic) bond motifs is 3. The van der Waals surface area contributed by atoms with E-state index in [4.69, 9.17) is 4.42 Å². The molecule has 4 aromatic rings. The van der Waals surface area contributed by atoms with Gasteiger partial charge in [0.05, 0.1) is 5.56 Å². The lowest BCUT2D eigenvalue weighted by atomic mass is 9.83. The number of hydrogen-bond donors (Lipinski definition) is 0. The maximum Gasteiger partial charge on any atom is 0.212 e. The van der Waals surface area contributed by atoms with Crippen LogP contribution in [0.15, 0.2) is 53.1 Å². The highest BCUT2D eigenvalue weighted by atomic mass is 16.3. The summed E-state index contributed by atoms with van der Waals surface area (Å²) in [4.78, 5) is 0. The molecule has 1 aliphatic rings. The molecule has 3 heteroatoms. The van der Waals surface area contributed by atoms with E-state index in [2.05, 4.69) is 67.2 Å². The molecule has 0 radical (unpaired) electrons. The van der Waals surface area contributed by atoms with E-state index in [0.29, 0.717) is 11.5 Å². The molecule has 29 heavy (non-hydrogen) atoms. The summed E-state index contributed by atoms with van der Waals surface area (Å²) < 4.78 is 8.33. The lowest BCUT2D eigenvalue weighted by molar-refractivity contribution is -0.660. The fourth-order valence-corrected chi connectivity index (χ4v) is 4.88. The van der Waals surface area contributed by atoms with Crippen LogP contribution in [-0.2, 0) is 7.05 Å². The largest absolute Gasteiger partial charge is 0.455 e. The SMILES string of the molecule is Cc1cc2oc3c(C#N)cc(C4CCCCC4)cc3c2cc1-c1cccc[n+]1C. The summed E-state index contributed by atoms with van der Waals surface area (Å²) in [6, 6.07) is 17.3. The first-order valence-corrected chi connectivity index (χ1v) is 10.5. The van der Waals surface area contributed by atoms with Crippen LogP contribution < -0.4 is 4.57 Å². The van der Waals surface area contributed by atoms with Crippen LogP contribution in [0.3, 0.4) is 0 Å². The zero-order valence-corrected chi connectivity index (χ0v) is 17.0. The second-order valence-corrected chi connectivity index (χ2v) is 8.35. The second-order valence-electron chi connectivity index (χ2n) is 8.35. The van der Waals surface area contributed by atoms with E-state index < -0.39 is 0 Å². The van der Waals surface area contributed by atoms with Crippen molar-refractivity contribution < 1.29 is 8.98 Å². The minimum Gasteiger partial charge on any atom is -0.455 e. The Kier molecular flexibility index (Phi) is 4.36. The molecule has 0 bridgehead atoms. The van der Waals surface area contributed by atoms with Crippen LogP contribution in [0.4, 0.5) is 0 Å². The van der Waals surface area contributed by atoms with Crippen molar-refractivity contribution in [3.05, 3.63) is 65.4 Å². The van der Waals surface area contributed by atoms with Crippen molar-refractivity contribution in [3.8, 4) is 17.3 Å². The summed E-state index contributed by atoms with van der Waals surface area (Å²) in [7, 11) is 2.07. The van der Waals surface area contributed by atoms with E-state index in [9.17, 15) is 5.26 Å². The van der Waals surface area contributed by atoms with E-state index >= 15 is 0 Å². The van der Waals surface area contributed by atoms with Gasteiger partial charge in [-0.25, -0.2) is 4.57 Å². The third kappa shape index (κ3) is 3.00. The number of rotatable bonds is 2. The van der Waals surface area contributed by atoms with E-state index in [1.54, 1.807) is 0 Å². The molecule has 0 aliphatic heterocycles. The van der Waals surface area contributed by atoms with Crippen molar-refractivity contribution >= 4 is 21.9 Å². The lowest BCUT2D eigenvalue weighted by Gasteiger charge is -2.22. The zero-order valence-electron chi connectivity index (χ0n) is 17.0. The van der Waals surface area contributed by atoms with E-state index in [0.717, 1.165) is 21.9 Å². The fraction of sp³-hybridized carbons (Fsp3) is 0.308. The van der Waals surface area contributed by atoms with Gasteiger partial charge in [-0.3, -0.25) is 0 Å². The molecule has 1 aliphatic carbocycles.